The molecule has 9 nitrogen and oxygen atoms in total. The number of rotatable bonds is 20. The zero-order valence-electron chi connectivity index (χ0n) is 38.4. The standard InChI is InChI=1S/C59H54O9/c1-60-47-32-51(61-2)55(52(33-47)62-3)57-56-53(66-39-44-25-15-7-16-26-44)34-48(63-36-41-19-9-4-10-20-41)35-54(56)68-58(59(57)67-40-45-27-17-8-18-28-45)46-29-30-49(64-37-42-21-11-5-12-22-42)50(31-46)65-38-43-23-13-6-14-24-43/h4-35,57-59H,36-40H2,1-3H3/t57-,58-,59+/m1/s1. The fourth-order valence-electron chi connectivity index (χ4n) is 8.46. The van der Waals surface area contributed by atoms with E-state index in [1.54, 1.807) is 21.3 Å². The van der Waals surface area contributed by atoms with Crippen molar-refractivity contribution in [3.05, 3.63) is 239 Å². The molecule has 68 heavy (non-hydrogen) atoms. The number of fused-ring (bicyclic) bond motifs is 1. The van der Waals surface area contributed by atoms with Crippen LogP contribution in [-0.4, -0.2) is 27.4 Å². The van der Waals surface area contributed by atoms with Crippen LogP contribution in [-0.2, 0) is 37.8 Å². The molecule has 0 spiro atoms. The maximum atomic E-state index is 7.35. The van der Waals surface area contributed by atoms with Crippen LogP contribution in [0.15, 0.2) is 194 Å². The van der Waals surface area contributed by atoms with Crippen molar-refractivity contribution in [2.24, 2.45) is 0 Å². The molecule has 8 aromatic rings. The highest BCUT2D eigenvalue weighted by atomic mass is 16.6. The molecule has 0 radical (unpaired) electrons. The lowest BCUT2D eigenvalue weighted by atomic mass is 9.78. The summed E-state index contributed by atoms with van der Waals surface area (Å²) in [7, 11) is 4.91. The van der Waals surface area contributed by atoms with Crippen LogP contribution in [0.2, 0.25) is 0 Å². The first-order chi connectivity index (χ1) is 33.6. The summed E-state index contributed by atoms with van der Waals surface area (Å²) in [6, 6.07) is 64.0. The molecule has 0 saturated heterocycles. The quantitative estimate of drug-likeness (QED) is 0.0742. The minimum atomic E-state index is -0.735. The summed E-state index contributed by atoms with van der Waals surface area (Å²) in [5.41, 5.74) is 7.33. The van der Waals surface area contributed by atoms with Crippen LogP contribution in [0.25, 0.3) is 0 Å². The third kappa shape index (κ3) is 10.9. The summed E-state index contributed by atoms with van der Waals surface area (Å²) in [5.74, 6) is 3.87. The largest absolute Gasteiger partial charge is 0.496 e. The molecule has 1 aliphatic heterocycles. The van der Waals surface area contributed by atoms with E-state index in [-0.39, 0.29) is 13.2 Å². The van der Waals surface area contributed by atoms with Crippen LogP contribution in [0.4, 0.5) is 0 Å². The number of ether oxygens (including phenoxy) is 9. The predicted molar refractivity (Wildman–Crippen MR) is 262 cm³/mol. The number of methoxy groups -OCH3 is 3. The van der Waals surface area contributed by atoms with E-state index in [4.69, 9.17) is 42.6 Å². The molecular formula is C59H54O9. The predicted octanol–water partition coefficient (Wildman–Crippen LogP) is 12.9. The van der Waals surface area contributed by atoms with Crippen molar-refractivity contribution in [3.63, 3.8) is 0 Å². The summed E-state index contributed by atoms with van der Waals surface area (Å²) < 4.78 is 59.5. The lowest BCUT2D eigenvalue weighted by Crippen LogP contribution is -2.38. The second kappa shape index (κ2) is 22.1. The van der Waals surface area contributed by atoms with Crippen LogP contribution in [0.5, 0.6) is 46.0 Å². The Kier molecular flexibility index (Phi) is 14.7. The molecule has 9 heteroatoms. The zero-order chi connectivity index (χ0) is 46.5. The Morgan fingerprint density at radius 1 is 0.368 bits per heavy atom. The lowest BCUT2D eigenvalue weighted by molar-refractivity contribution is -0.0576. The van der Waals surface area contributed by atoms with E-state index >= 15 is 0 Å². The Hall–Kier alpha value is -7.88. The van der Waals surface area contributed by atoms with Crippen LogP contribution in [0, 0.1) is 0 Å². The maximum Gasteiger partial charge on any atom is 0.162 e. The average Bonchev–Trinajstić information content (AvgIpc) is 3.40. The summed E-state index contributed by atoms with van der Waals surface area (Å²) in [5, 5.41) is 0. The van der Waals surface area contributed by atoms with Crippen LogP contribution in [0.1, 0.15) is 56.5 Å². The van der Waals surface area contributed by atoms with E-state index < -0.39 is 18.1 Å². The molecule has 8 aromatic carbocycles. The van der Waals surface area contributed by atoms with E-state index in [2.05, 4.69) is 12.1 Å². The monoisotopic (exact) mass is 906 g/mol. The second-order valence-electron chi connectivity index (χ2n) is 16.4. The molecule has 0 aromatic heterocycles. The van der Waals surface area contributed by atoms with Crippen molar-refractivity contribution in [3.8, 4) is 46.0 Å². The molecule has 0 saturated carbocycles. The van der Waals surface area contributed by atoms with Crippen molar-refractivity contribution >= 4 is 0 Å². The first-order valence-electron chi connectivity index (χ1n) is 22.7. The Bertz CT molecular complexity index is 2820. The fraction of sp³-hybridized carbons (Fsp3) is 0.186. The number of hydrogen-bond acceptors (Lipinski definition) is 9. The van der Waals surface area contributed by atoms with Crippen molar-refractivity contribution < 1.29 is 42.6 Å². The third-order valence-electron chi connectivity index (χ3n) is 11.9. The summed E-state index contributed by atoms with van der Waals surface area (Å²) in [6.07, 6.45) is -1.45. The van der Waals surface area contributed by atoms with Crippen LogP contribution >= 0.6 is 0 Å². The minimum absolute atomic E-state index is 0.270. The van der Waals surface area contributed by atoms with Crippen molar-refractivity contribution in [1.82, 2.24) is 0 Å². The first kappa shape index (κ1) is 45.3. The van der Waals surface area contributed by atoms with Gasteiger partial charge in [-0.2, -0.15) is 0 Å². The van der Waals surface area contributed by atoms with Gasteiger partial charge in [0.1, 0.15) is 67.0 Å². The molecule has 0 bridgehead atoms. The fourth-order valence-corrected chi connectivity index (χ4v) is 8.46. The summed E-state index contributed by atoms with van der Waals surface area (Å²) >= 11 is 0. The van der Waals surface area contributed by atoms with Crippen LogP contribution in [0.3, 0.4) is 0 Å². The molecule has 0 N–H and O–H groups in total. The number of hydrogen-bond donors (Lipinski definition) is 0. The Morgan fingerprint density at radius 2 is 0.809 bits per heavy atom. The van der Waals surface area contributed by atoms with E-state index in [1.807, 2.05) is 182 Å². The van der Waals surface area contributed by atoms with Gasteiger partial charge in [-0.15, -0.1) is 0 Å². The van der Waals surface area contributed by atoms with Gasteiger partial charge in [-0.1, -0.05) is 158 Å². The minimum Gasteiger partial charge on any atom is -0.496 e. The SMILES string of the molecule is COc1cc(OC)c([C@@H]2c3c(OCc4ccccc4)cc(OCc4ccccc4)cc3O[C@H](c3ccc(OCc4ccccc4)c(OCc4ccccc4)c3)[C@H]2OCc2ccccc2)c(OC)c1. The van der Waals surface area contributed by atoms with Crippen molar-refractivity contribution in [2.75, 3.05) is 21.3 Å². The second-order valence-corrected chi connectivity index (χ2v) is 16.4. The molecule has 344 valence electrons. The van der Waals surface area contributed by atoms with Crippen molar-refractivity contribution in [2.45, 2.75) is 51.2 Å². The number of benzene rings is 8. The molecule has 9 rings (SSSR count). The summed E-state index contributed by atoms with van der Waals surface area (Å²) in [4.78, 5) is 0. The third-order valence-corrected chi connectivity index (χ3v) is 11.9. The van der Waals surface area contributed by atoms with Gasteiger partial charge < -0.3 is 42.6 Å². The van der Waals surface area contributed by atoms with E-state index in [9.17, 15) is 0 Å². The van der Waals surface area contributed by atoms with Gasteiger partial charge in [0.15, 0.2) is 17.6 Å². The molecular weight excluding hydrogens is 853 g/mol. The average molecular weight is 907 g/mol. The Morgan fingerprint density at radius 3 is 1.29 bits per heavy atom. The highest BCUT2D eigenvalue weighted by molar-refractivity contribution is 5.64. The topological polar surface area (TPSA) is 83.1 Å². The van der Waals surface area contributed by atoms with Gasteiger partial charge in [-0.25, -0.2) is 0 Å². The van der Waals surface area contributed by atoms with Gasteiger partial charge >= 0.3 is 0 Å². The van der Waals surface area contributed by atoms with Gasteiger partial charge in [0.2, 0.25) is 0 Å². The van der Waals surface area contributed by atoms with Crippen molar-refractivity contribution in [1.29, 1.82) is 0 Å². The Balaban J connectivity index is 1.23. The van der Waals surface area contributed by atoms with E-state index in [1.165, 1.54) is 0 Å². The molecule has 0 fully saturated rings. The molecule has 1 heterocycles. The van der Waals surface area contributed by atoms with E-state index in [0.717, 1.165) is 44.5 Å². The molecule has 0 amide bonds. The normalized spacial score (nSPS) is 15.0. The van der Waals surface area contributed by atoms with E-state index in [0.29, 0.717) is 65.8 Å². The van der Waals surface area contributed by atoms with Gasteiger partial charge in [-0.3, -0.25) is 0 Å². The molecule has 3 atom stereocenters. The Labute approximate surface area is 398 Å². The lowest BCUT2D eigenvalue weighted by Gasteiger charge is -2.41. The van der Waals surface area contributed by atoms with Gasteiger partial charge in [0.05, 0.1) is 33.9 Å². The van der Waals surface area contributed by atoms with Gasteiger partial charge in [0, 0.05) is 35.4 Å². The van der Waals surface area contributed by atoms with Gasteiger partial charge in [-0.05, 0) is 45.5 Å². The highest BCUT2D eigenvalue weighted by Gasteiger charge is 2.46. The summed E-state index contributed by atoms with van der Waals surface area (Å²) in [6.45, 7) is 1.56. The first-order valence-corrected chi connectivity index (χ1v) is 22.7. The van der Waals surface area contributed by atoms with Gasteiger partial charge in [0.25, 0.3) is 0 Å². The molecule has 1 aliphatic rings. The maximum absolute atomic E-state index is 7.35. The molecule has 0 aliphatic carbocycles. The van der Waals surface area contributed by atoms with Crippen LogP contribution < -0.4 is 37.9 Å². The highest BCUT2D eigenvalue weighted by Crippen LogP contribution is 2.56. The molecule has 0 unspecified atom stereocenters. The zero-order valence-corrected chi connectivity index (χ0v) is 38.4. The smallest absolute Gasteiger partial charge is 0.162 e.